The highest BCUT2D eigenvalue weighted by molar-refractivity contribution is 5.44. The second-order valence-electron chi connectivity index (χ2n) is 4.09. The van der Waals surface area contributed by atoms with E-state index in [1.165, 1.54) is 0 Å². The standard InChI is InChI=1S/C13H19NO3/c1-2-5-14-11(9-15)10-3-4-12-13(8-10)17-7-6-16-12/h3-4,8,11,14-15H,2,5-7,9H2,1H3. The van der Waals surface area contributed by atoms with Crippen molar-refractivity contribution in [1.82, 2.24) is 5.32 Å². The van der Waals surface area contributed by atoms with Crippen molar-refractivity contribution in [1.29, 1.82) is 0 Å². The maximum Gasteiger partial charge on any atom is 0.161 e. The lowest BCUT2D eigenvalue weighted by molar-refractivity contribution is 0.171. The highest BCUT2D eigenvalue weighted by atomic mass is 16.6. The molecule has 17 heavy (non-hydrogen) atoms. The topological polar surface area (TPSA) is 50.7 Å². The molecule has 0 spiro atoms. The number of nitrogens with one attached hydrogen (secondary N) is 1. The van der Waals surface area contributed by atoms with Crippen molar-refractivity contribution in [3.05, 3.63) is 23.8 Å². The van der Waals surface area contributed by atoms with Crippen LogP contribution >= 0.6 is 0 Å². The molecule has 1 unspecified atom stereocenters. The maximum absolute atomic E-state index is 9.38. The number of aliphatic hydroxyl groups excluding tert-OH is 1. The Morgan fingerprint density at radius 2 is 2.06 bits per heavy atom. The van der Waals surface area contributed by atoms with Gasteiger partial charge in [0.25, 0.3) is 0 Å². The van der Waals surface area contributed by atoms with Crippen LogP contribution in [0.2, 0.25) is 0 Å². The van der Waals surface area contributed by atoms with E-state index in [2.05, 4.69) is 12.2 Å². The zero-order valence-corrected chi connectivity index (χ0v) is 10.1. The van der Waals surface area contributed by atoms with Gasteiger partial charge in [-0.05, 0) is 30.7 Å². The van der Waals surface area contributed by atoms with Crippen LogP contribution in [0.1, 0.15) is 24.9 Å². The van der Waals surface area contributed by atoms with E-state index in [-0.39, 0.29) is 12.6 Å². The number of aliphatic hydroxyl groups is 1. The summed E-state index contributed by atoms with van der Waals surface area (Å²) in [5, 5.41) is 12.7. The van der Waals surface area contributed by atoms with Crippen LogP contribution < -0.4 is 14.8 Å². The minimum Gasteiger partial charge on any atom is -0.486 e. The van der Waals surface area contributed by atoms with E-state index in [1.54, 1.807) is 0 Å². The summed E-state index contributed by atoms with van der Waals surface area (Å²) >= 11 is 0. The molecule has 2 N–H and O–H groups in total. The summed E-state index contributed by atoms with van der Waals surface area (Å²) in [7, 11) is 0. The summed E-state index contributed by atoms with van der Waals surface area (Å²) in [6.45, 7) is 4.26. The van der Waals surface area contributed by atoms with Gasteiger partial charge < -0.3 is 19.9 Å². The highest BCUT2D eigenvalue weighted by Crippen LogP contribution is 2.32. The van der Waals surface area contributed by atoms with Gasteiger partial charge >= 0.3 is 0 Å². The Bertz CT molecular complexity index is 368. The van der Waals surface area contributed by atoms with E-state index in [0.29, 0.717) is 13.2 Å². The van der Waals surface area contributed by atoms with Crippen molar-refractivity contribution in [3.8, 4) is 11.5 Å². The van der Waals surface area contributed by atoms with Crippen LogP contribution in [0.3, 0.4) is 0 Å². The molecule has 1 aliphatic heterocycles. The van der Waals surface area contributed by atoms with Gasteiger partial charge in [-0.2, -0.15) is 0 Å². The lowest BCUT2D eigenvalue weighted by Gasteiger charge is -2.21. The monoisotopic (exact) mass is 237 g/mol. The zero-order chi connectivity index (χ0) is 12.1. The molecule has 1 aromatic carbocycles. The molecule has 0 fully saturated rings. The molecule has 0 bridgehead atoms. The minimum atomic E-state index is -0.0363. The van der Waals surface area contributed by atoms with Crippen molar-refractivity contribution < 1.29 is 14.6 Å². The van der Waals surface area contributed by atoms with E-state index in [4.69, 9.17) is 9.47 Å². The van der Waals surface area contributed by atoms with Crippen LogP contribution in [-0.2, 0) is 0 Å². The molecule has 0 aliphatic carbocycles. The van der Waals surface area contributed by atoms with Crippen LogP contribution in [0.5, 0.6) is 11.5 Å². The van der Waals surface area contributed by atoms with Crippen molar-refractivity contribution in [2.75, 3.05) is 26.4 Å². The van der Waals surface area contributed by atoms with E-state index in [1.807, 2.05) is 18.2 Å². The lowest BCUT2D eigenvalue weighted by atomic mass is 10.1. The Hall–Kier alpha value is -1.26. The van der Waals surface area contributed by atoms with Crippen LogP contribution in [-0.4, -0.2) is 31.5 Å². The van der Waals surface area contributed by atoms with E-state index >= 15 is 0 Å². The first-order valence-corrected chi connectivity index (χ1v) is 6.09. The smallest absolute Gasteiger partial charge is 0.161 e. The molecule has 0 amide bonds. The molecule has 2 rings (SSSR count). The zero-order valence-electron chi connectivity index (χ0n) is 10.1. The van der Waals surface area contributed by atoms with Crippen molar-refractivity contribution in [3.63, 3.8) is 0 Å². The van der Waals surface area contributed by atoms with Crippen LogP contribution in [0, 0.1) is 0 Å². The van der Waals surface area contributed by atoms with Gasteiger partial charge in [-0.1, -0.05) is 13.0 Å². The number of hydrogen-bond acceptors (Lipinski definition) is 4. The van der Waals surface area contributed by atoms with E-state index in [9.17, 15) is 5.11 Å². The maximum atomic E-state index is 9.38. The molecule has 0 aromatic heterocycles. The summed E-state index contributed by atoms with van der Waals surface area (Å²) in [6.07, 6.45) is 1.04. The predicted molar refractivity (Wildman–Crippen MR) is 65.6 cm³/mol. The Kier molecular flexibility index (Phi) is 4.23. The molecule has 94 valence electrons. The first-order chi connectivity index (χ1) is 8.35. The van der Waals surface area contributed by atoms with Crippen LogP contribution in [0.25, 0.3) is 0 Å². The third kappa shape index (κ3) is 2.90. The molecular formula is C13H19NO3. The quantitative estimate of drug-likeness (QED) is 0.814. The SMILES string of the molecule is CCCNC(CO)c1ccc2c(c1)OCCO2. The van der Waals surface area contributed by atoms with Gasteiger partial charge in [0.05, 0.1) is 12.6 Å². The molecule has 1 aromatic rings. The van der Waals surface area contributed by atoms with Crippen molar-refractivity contribution in [2.24, 2.45) is 0 Å². The third-order valence-electron chi connectivity index (χ3n) is 2.79. The van der Waals surface area contributed by atoms with E-state index in [0.717, 1.165) is 30.0 Å². The molecule has 1 atom stereocenters. The Labute approximate surface area is 102 Å². The fourth-order valence-corrected chi connectivity index (χ4v) is 1.88. The first-order valence-electron chi connectivity index (χ1n) is 6.09. The first kappa shape index (κ1) is 12.2. The lowest BCUT2D eigenvalue weighted by Crippen LogP contribution is -2.25. The molecule has 4 heteroatoms. The number of ether oxygens (including phenoxy) is 2. The number of fused-ring (bicyclic) bond motifs is 1. The summed E-state index contributed by atoms with van der Waals surface area (Å²) < 4.78 is 11.0. The fraction of sp³-hybridized carbons (Fsp3) is 0.538. The summed E-state index contributed by atoms with van der Waals surface area (Å²) in [5.41, 5.74) is 1.03. The average Bonchev–Trinajstić information content (AvgIpc) is 2.39. The average molecular weight is 237 g/mol. The van der Waals surface area contributed by atoms with E-state index < -0.39 is 0 Å². The van der Waals surface area contributed by atoms with Gasteiger partial charge in [-0.3, -0.25) is 0 Å². The van der Waals surface area contributed by atoms with Gasteiger partial charge in [0.1, 0.15) is 13.2 Å². The molecule has 4 nitrogen and oxygen atoms in total. The minimum absolute atomic E-state index is 0.0363. The van der Waals surface area contributed by atoms with Crippen molar-refractivity contribution in [2.45, 2.75) is 19.4 Å². The summed E-state index contributed by atoms with van der Waals surface area (Å²) in [5.74, 6) is 1.55. The Balaban J connectivity index is 2.13. The second kappa shape index (κ2) is 5.89. The molecule has 0 saturated heterocycles. The van der Waals surface area contributed by atoms with Gasteiger partial charge in [0.2, 0.25) is 0 Å². The normalized spacial score (nSPS) is 15.6. The largest absolute Gasteiger partial charge is 0.486 e. The van der Waals surface area contributed by atoms with Gasteiger partial charge in [-0.25, -0.2) is 0 Å². The third-order valence-corrected chi connectivity index (χ3v) is 2.79. The summed E-state index contributed by atoms with van der Waals surface area (Å²) in [6, 6.07) is 5.78. The van der Waals surface area contributed by atoms with Crippen molar-refractivity contribution >= 4 is 0 Å². The highest BCUT2D eigenvalue weighted by Gasteiger charge is 2.15. The molecule has 0 radical (unpaired) electrons. The number of benzene rings is 1. The summed E-state index contributed by atoms with van der Waals surface area (Å²) in [4.78, 5) is 0. The van der Waals surface area contributed by atoms with Gasteiger partial charge in [0.15, 0.2) is 11.5 Å². The van der Waals surface area contributed by atoms with Gasteiger partial charge in [0, 0.05) is 0 Å². The van der Waals surface area contributed by atoms with Gasteiger partial charge in [-0.15, -0.1) is 0 Å². The Morgan fingerprint density at radius 3 is 2.76 bits per heavy atom. The Morgan fingerprint density at radius 1 is 1.29 bits per heavy atom. The second-order valence-corrected chi connectivity index (χ2v) is 4.09. The fourth-order valence-electron chi connectivity index (χ4n) is 1.88. The molecule has 0 saturated carbocycles. The van der Waals surface area contributed by atoms with Crippen LogP contribution in [0.4, 0.5) is 0 Å². The number of rotatable bonds is 5. The molecular weight excluding hydrogens is 218 g/mol. The predicted octanol–water partition coefficient (Wildman–Crippen LogP) is 1.49. The van der Waals surface area contributed by atoms with Crippen LogP contribution in [0.15, 0.2) is 18.2 Å². The molecule has 1 heterocycles. The number of hydrogen-bond donors (Lipinski definition) is 2. The molecule has 1 aliphatic rings.